The van der Waals surface area contributed by atoms with Crippen molar-refractivity contribution in [3.05, 3.63) is 63.7 Å². The summed E-state index contributed by atoms with van der Waals surface area (Å²) >= 11 is 0. The van der Waals surface area contributed by atoms with Gasteiger partial charge in [0.05, 0.1) is 15.5 Å². The normalized spacial score (nSPS) is 11.1. The molecule has 0 aliphatic heterocycles. The van der Waals surface area contributed by atoms with Gasteiger partial charge >= 0.3 is 5.97 Å². The molecule has 0 amide bonds. The molecule has 0 bridgehead atoms. The average Bonchev–Trinajstić information content (AvgIpc) is 2.55. The lowest BCUT2D eigenvalue weighted by molar-refractivity contribution is -0.384. The Kier molecular flexibility index (Phi) is 5.07. The van der Waals surface area contributed by atoms with E-state index in [0.29, 0.717) is 5.56 Å². The summed E-state index contributed by atoms with van der Waals surface area (Å²) in [4.78, 5) is 21.1. The Morgan fingerprint density at radius 2 is 1.76 bits per heavy atom. The lowest BCUT2D eigenvalue weighted by atomic mass is 10.1. The Hall–Kier alpha value is -2.94. The van der Waals surface area contributed by atoms with Crippen molar-refractivity contribution >= 4 is 27.4 Å². The van der Waals surface area contributed by atoms with Crippen molar-refractivity contribution in [2.24, 2.45) is 0 Å². The van der Waals surface area contributed by atoms with Crippen LogP contribution in [0.25, 0.3) is 0 Å². The molecule has 0 fully saturated rings. The quantitative estimate of drug-likeness (QED) is 0.621. The molecule has 25 heavy (non-hydrogen) atoms. The van der Waals surface area contributed by atoms with Gasteiger partial charge in [-0.3, -0.25) is 19.2 Å². The first-order valence-electron chi connectivity index (χ1n) is 7.19. The maximum atomic E-state index is 12.9. The molecule has 132 valence electrons. The van der Waals surface area contributed by atoms with Crippen molar-refractivity contribution in [2.75, 3.05) is 10.8 Å². The highest BCUT2D eigenvalue weighted by Crippen LogP contribution is 2.28. The van der Waals surface area contributed by atoms with Crippen LogP contribution in [0.2, 0.25) is 0 Å². The molecule has 0 unspecified atom stereocenters. The van der Waals surface area contributed by atoms with Gasteiger partial charge in [0, 0.05) is 12.1 Å². The molecule has 8 nitrogen and oxygen atoms in total. The van der Waals surface area contributed by atoms with E-state index in [0.717, 1.165) is 34.1 Å². The minimum atomic E-state index is -4.20. The van der Waals surface area contributed by atoms with Crippen LogP contribution in [-0.2, 0) is 14.8 Å². The zero-order chi connectivity index (χ0) is 18.8. The number of hydrogen-bond acceptors (Lipinski definition) is 5. The van der Waals surface area contributed by atoms with E-state index in [4.69, 9.17) is 5.11 Å². The number of nitro groups is 1. The highest BCUT2D eigenvalue weighted by Gasteiger charge is 2.28. The van der Waals surface area contributed by atoms with E-state index in [2.05, 4.69) is 0 Å². The number of aliphatic carboxylic acids is 1. The summed E-state index contributed by atoms with van der Waals surface area (Å²) in [5, 5.41) is 19.8. The van der Waals surface area contributed by atoms with E-state index in [1.165, 1.54) is 0 Å². The van der Waals surface area contributed by atoms with Gasteiger partial charge in [-0.15, -0.1) is 0 Å². The van der Waals surface area contributed by atoms with Crippen LogP contribution < -0.4 is 4.31 Å². The number of carboxylic acid groups (broad SMARTS) is 1. The SMILES string of the molecule is Cc1ccc(C)c(N(CC(=O)O)S(=O)(=O)c2ccc([N+](=O)[O-])cc2)c1. The van der Waals surface area contributed by atoms with E-state index in [1.54, 1.807) is 32.0 Å². The summed E-state index contributed by atoms with van der Waals surface area (Å²) in [5.41, 5.74) is 1.36. The second kappa shape index (κ2) is 6.89. The van der Waals surface area contributed by atoms with Crippen molar-refractivity contribution in [3.63, 3.8) is 0 Å². The number of carboxylic acids is 1. The van der Waals surface area contributed by atoms with Crippen molar-refractivity contribution in [1.82, 2.24) is 0 Å². The number of non-ortho nitro benzene ring substituents is 1. The molecule has 0 aliphatic carbocycles. The van der Waals surface area contributed by atoms with E-state index in [9.17, 15) is 23.3 Å². The fraction of sp³-hybridized carbons (Fsp3) is 0.188. The van der Waals surface area contributed by atoms with Gasteiger partial charge in [0.1, 0.15) is 6.54 Å². The third kappa shape index (κ3) is 3.94. The van der Waals surface area contributed by atoms with E-state index in [-0.39, 0.29) is 16.3 Å². The summed E-state index contributed by atoms with van der Waals surface area (Å²) in [6.45, 7) is 2.68. The van der Waals surface area contributed by atoms with Crippen molar-refractivity contribution in [2.45, 2.75) is 18.7 Å². The van der Waals surface area contributed by atoms with Crippen LogP contribution in [0.15, 0.2) is 47.4 Å². The number of sulfonamides is 1. The Morgan fingerprint density at radius 3 is 2.28 bits per heavy atom. The number of nitro benzene ring substituents is 1. The average molecular weight is 364 g/mol. The molecule has 0 saturated heterocycles. The Labute approximate surface area is 144 Å². The number of rotatable bonds is 6. The van der Waals surface area contributed by atoms with Gasteiger partial charge in [0.15, 0.2) is 0 Å². The first kappa shape index (κ1) is 18.4. The van der Waals surface area contributed by atoms with E-state index in [1.807, 2.05) is 0 Å². The van der Waals surface area contributed by atoms with Gasteiger partial charge in [-0.25, -0.2) is 8.42 Å². The van der Waals surface area contributed by atoms with Crippen LogP contribution in [0.4, 0.5) is 11.4 Å². The maximum absolute atomic E-state index is 12.9. The van der Waals surface area contributed by atoms with Crippen LogP contribution in [0, 0.1) is 24.0 Å². The third-order valence-electron chi connectivity index (χ3n) is 3.55. The van der Waals surface area contributed by atoms with Gasteiger partial charge in [-0.05, 0) is 43.2 Å². The van der Waals surface area contributed by atoms with Crippen LogP contribution in [0.5, 0.6) is 0 Å². The first-order chi connectivity index (χ1) is 11.6. The van der Waals surface area contributed by atoms with Crippen LogP contribution in [0.3, 0.4) is 0 Å². The highest BCUT2D eigenvalue weighted by molar-refractivity contribution is 7.92. The molecule has 0 radical (unpaired) electrons. The molecule has 2 aromatic rings. The number of aryl methyl sites for hydroxylation is 2. The predicted molar refractivity (Wildman–Crippen MR) is 91.2 cm³/mol. The fourth-order valence-corrected chi connectivity index (χ4v) is 3.75. The molecule has 0 aromatic heterocycles. The first-order valence-corrected chi connectivity index (χ1v) is 8.63. The molecule has 0 heterocycles. The molecule has 0 spiro atoms. The van der Waals surface area contributed by atoms with Crippen molar-refractivity contribution < 1.29 is 23.2 Å². The van der Waals surface area contributed by atoms with Gasteiger partial charge in [0.2, 0.25) is 0 Å². The van der Waals surface area contributed by atoms with E-state index < -0.39 is 27.5 Å². The topological polar surface area (TPSA) is 118 Å². The summed E-state index contributed by atoms with van der Waals surface area (Å²) in [6, 6.07) is 9.38. The number of hydrogen-bond donors (Lipinski definition) is 1. The minimum absolute atomic E-state index is 0.222. The second-order valence-electron chi connectivity index (χ2n) is 5.45. The van der Waals surface area contributed by atoms with Crippen LogP contribution in [-0.4, -0.2) is 31.0 Å². The van der Waals surface area contributed by atoms with Crippen LogP contribution in [0.1, 0.15) is 11.1 Å². The largest absolute Gasteiger partial charge is 0.480 e. The predicted octanol–water partition coefficient (Wildman–Crippen LogP) is 2.49. The zero-order valence-electron chi connectivity index (χ0n) is 13.5. The molecule has 1 N–H and O–H groups in total. The Bertz CT molecular complexity index is 922. The monoisotopic (exact) mass is 364 g/mol. The summed E-state index contributed by atoms with van der Waals surface area (Å²) < 4.78 is 26.6. The third-order valence-corrected chi connectivity index (χ3v) is 5.32. The summed E-state index contributed by atoms with van der Waals surface area (Å²) in [6.07, 6.45) is 0. The number of nitrogens with zero attached hydrogens (tertiary/aromatic N) is 2. The molecular weight excluding hydrogens is 348 g/mol. The summed E-state index contributed by atoms with van der Waals surface area (Å²) in [5.74, 6) is -1.31. The van der Waals surface area contributed by atoms with Gasteiger partial charge < -0.3 is 5.11 Å². The lowest BCUT2D eigenvalue weighted by Gasteiger charge is -2.24. The molecule has 2 aromatic carbocycles. The Morgan fingerprint density at radius 1 is 1.16 bits per heavy atom. The molecule has 0 atom stereocenters. The number of benzene rings is 2. The van der Waals surface area contributed by atoms with Gasteiger partial charge in [-0.1, -0.05) is 12.1 Å². The van der Waals surface area contributed by atoms with Crippen molar-refractivity contribution in [1.29, 1.82) is 0 Å². The maximum Gasteiger partial charge on any atom is 0.324 e. The summed E-state index contributed by atoms with van der Waals surface area (Å²) in [7, 11) is -4.20. The molecule has 9 heteroatoms. The highest BCUT2D eigenvalue weighted by atomic mass is 32.2. The number of anilines is 1. The number of carbonyl (C=O) groups is 1. The van der Waals surface area contributed by atoms with E-state index >= 15 is 0 Å². The molecule has 0 saturated carbocycles. The molecular formula is C16H16N2O6S. The smallest absolute Gasteiger partial charge is 0.324 e. The zero-order valence-corrected chi connectivity index (χ0v) is 14.4. The molecule has 0 aliphatic rings. The Balaban J connectivity index is 2.57. The fourth-order valence-electron chi connectivity index (χ4n) is 2.28. The molecule has 2 rings (SSSR count). The van der Waals surface area contributed by atoms with Gasteiger partial charge in [-0.2, -0.15) is 0 Å². The van der Waals surface area contributed by atoms with Crippen molar-refractivity contribution in [3.8, 4) is 0 Å². The standard InChI is InChI=1S/C16H16N2O6S/c1-11-3-4-12(2)15(9-11)17(10-16(19)20)25(23,24)14-7-5-13(6-8-14)18(21)22/h3-9H,10H2,1-2H3,(H,19,20). The lowest BCUT2D eigenvalue weighted by Crippen LogP contribution is -2.36. The van der Waals surface area contributed by atoms with Gasteiger partial charge in [0.25, 0.3) is 15.7 Å². The van der Waals surface area contributed by atoms with Crippen LogP contribution >= 0.6 is 0 Å². The minimum Gasteiger partial charge on any atom is -0.480 e. The second-order valence-corrected chi connectivity index (χ2v) is 7.31.